The van der Waals surface area contributed by atoms with Crippen LogP contribution in [-0.4, -0.2) is 42.5 Å². The van der Waals surface area contributed by atoms with Crippen molar-refractivity contribution in [3.05, 3.63) is 81.2 Å². The lowest BCUT2D eigenvalue weighted by Crippen LogP contribution is -2.39. The number of ether oxygens (including phenoxy) is 2. The minimum Gasteiger partial charge on any atom is -0.468 e. The number of nitrogens with zero attached hydrogens (tertiary/aromatic N) is 1. The molecule has 7 heteroatoms. The molecule has 5 nitrogen and oxygen atoms in total. The van der Waals surface area contributed by atoms with Crippen molar-refractivity contribution >= 4 is 35.3 Å². The average Bonchev–Trinajstić information content (AvgIpc) is 3.21. The summed E-state index contributed by atoms with van der Waals surface area (Å²) in [7, 11) is 1.40. The van der Waals surface area contributed by atoms with E-state index in [0.29, 0.717) is 37.4 Å². The van der Waals surface area contributed by atoms with Crippen molar-refractivity contribution in [2.24, 2.45) is 0 Å². The maximum absolute atomic E-state index is 12.6. The number of hydrogen-bond acceptors (Lipinski definition) is 6. The Balaban J connectivity index is 1.36. The lowest BCUT2D eigenvalue weighted by Gasteiger charge is -2.34. The molecule has 2 aromatic rings. The summed E-state index contributed by atoms with van der Waals surface area (Å²) in [5, 5.41) is 0.550. The second kappa shape index (κ2) is 10.6. The van der Waals surface area contributed by atoms with Gasteiger partial charge in [0.05, 0.1) is 7.11 Å². The molecule has 4 rings (SSSR count). The summed E-state index contributed by atoms with van der Waals surface area (Å²) in [5.41, 5.74) is 2.91. The SMILES string of the molecule is COC(=O)[C@H](c1ccccc1Cl)N1CCC2=C(CC(OC(=O)CCc3ccccc3)S2)C1. The molecule has 2 heterocycles. The first-order valence-corrected chi connectivity index (χ1v) is 12.0. The van der Waals surface area contributed by atoms with Crippen molar-refractivity contribution in [2.75, 3.05) is 20.2 Å². The van der Waals surface area contributed by atoms with E-state index in [1.165, 1.54) is 17.6 Å². The Kier molecular flexibility index (Phi) is 7.55. The number of carbonyl (C=O) groups excluding carboxylic acids is 2. The van der Waals surface area contributed by atoms with Crippen LogP contribution in [0.4, 0.5) is 0 Å². The van der Waals surface area contributed by atoms with Gasteiger partial charge in [-0.05, 0) is 40.5 Å². The van der Waals surface area contributed by atoms with E-state index < -0.39 is 6.04 Å². The molecule has 0 amide bonds. The second-order valence-corrected chi connectivity index (χ2v) is 9.58. The fraction of sp³-hybridized carbons (Fsp3) is 0.360. The van der Waals surface area contributed by atoms with Crippen LogP contribution in [0.3, 0.4) is 0 Å². The molecule has 0 bridgehead atoms. The molecule has 0 N–H and O–H groups in total. The molecule has 168 valence electrons. The fourth-order valence-electron chi connectivity index (χ4n) is 4.22. The molecule has 1 unspecified atom stereocenters. The fourth-order valence-corrected chi connectivity index (χ4v) is 5.74. The molecule has 0 saturated heterocycles. The standard InChI is InChI=1S/C25H26ClNO4S/c1-30-25(29)24(19-9-5-6-10-20(19)26)27-14-13-21-18(16-27)15-23(32-21)31-22(28)12-11-17-7-3-2-4-8-17/h2-10,23-24H,11-16H2,1H3/t23?,24-/m0/s1. The van der Waals surface area contributed by atoms with Crippen LogP contribution in [-0.2, 0) is 25.5 Å². The van der Waals surface area contributed by atoms with Gasteiger partial charge < -0.3 is 9.47 Å². The van der Waals surface area contributed by atoms with Crippen LogP contribution in [0.15, 0.2) is 65.1 Å². The van der Waals surface area contributed by atoms with Crippen LogP contribution < -0.4 is 0 Å². The summed E-state index contributed by atoms with van der Waals surface area (Å²) >= 11 is 8.04. The predicted molar refractivity (Wildman–Crippen MR) is 126 cm³/mol. The Morgan fingerprint density at radius 1 is 1.16 bits per heavy atom. The van der Waals surface area contributed by atoms with Crippen LogP contribution in [0.25, 0.3) is 0 Å². The zero-order valence-electron chi connectivity index (χ0n) is 18.0. The molecule has 2 aliphatic rings. The Hall–Kier alpha value is -2.28. The number of thioether (sulfide) groups is 1. The number of aryl methyl sites for hydroxylation is 1. The van der Waals surface area contributed by atoms with Gasteiger partial charge in [-0.2, -0.15) is 0 Å². The number of methoxy groups -OCH3 is 1. The summed E-state index contributed by atoms with van der Waals surface area (Å²) in [6.45, 7) is 1.34. The second-order valence-electron chi connectivity index (χ2n) is 7.92. The molecule has 0 aromatic heterocycles. The molecular formula is C25H26ClNO4S. The lowest BCUT2D eigenvalue weighted by atomic mass is 10.00. The highest BCUT2D eigenvalue weighted by atomic mass is 35.5. The third kappa shape index (κ3) is 5.37. The molecule has 0 fully saturated rings. The largest absolute Gasteiger partial charge is 0.468 e. The molecule has 0 radical (unpaired) electrons. The molecule has 2 aliphatic heterocycles. The van der Waals surface area contributed by atoms with Crippen molar-refractivity contribution in [3.63, 3.8) is 0 Å². The summed E-state index contributed by atoms with van der Waals surface area (Å²) in [4.78, 5) is 28.4. The number of halogens is 1. The van der Waals surface area contributed by atoms with E-state index >= 15 is 0 Å². The highest BCUT2D eigenvalue weighted by molar-refractivity contribution is 8.03. The van der Waals surface area contributed by atoms with Crippen molar-refractivity contribution in [2.45, 2.75) is 37.2 Å². The summed E-state index contributed by atoms with van der Waals surface area (Å²) in [5.74, 6) is -0.497. The molecule has 0 spiro atoms. The number of esters is 2. The van der Waals surface area contributed by atoms with E-state index in [1.807, 2.05) is 48.5 Å². The molecule has 32 heavy (non-hydrogen) atoms. The quantitative estimate of drug-likeness (QED) is 0.520. The van der Waals surface area contributed by atoms with E-state index in [2.05, 4.69) is 4.90 Å². The molecular weight excluding hydrogens is 446 g/mol. The average molecular weight is 472 g/mol. The highest BCUT2D eigenvalue weighted by Crippen LogP contribution is 2.44. The molecule has 2 aromatic carbocycles. The first-order valence-electron chi connectivity index (χ1n) is 10.7. The minimum atomic E-state index is -0.555. The first-order chi connectivity index (χ1) is 15.5. The van der Waals surface area contributed by atoms with Gasteiger partial charge in [0.1, 0.15) is 6.04 Å². The van der Waals surface area contributed by atoms with Gasteiger partial charge in [-0.15, -0.1) is 0 Å². The van der Waals surface area contributed by atoms with Crippen LogP contribution in [0.2, 0.25) is 5.02 Å². The Labute approximate surface area is 197 Å². The van der Waals surface area contributed by atoms with Gasteiger partial charge in [-0.3, -0.25) is 9.69 Å². The van der Waals surface area contributed by atoms with Crippen molar-refractivity contribution in [1.29, 1.82) is 0 Å². The van der Waals surface area contributed by atoms with E-state index in [1.54, 1.807) is 17.8 Å². The zero-order chi connectivity index (χ0) is 22.5. The third-order valence-electron chi connectivity index (χ3n) is 5.81. The van der Waals surface area contributed by atoms with Gasteiger partial charge in [0.25, 0.3) is 0 Å². The lowest BCUT2D eigenvalue weighted by molar-refractivity contribution is -0.147. The van der Waals surface area contributed by atoms with Gasteiger partial charge in [0, 0.05) is 31.0 Å². The van der Waals surface area contributed by atoms with E-state index in [4.69, 9.17) is 21.1 Å². The number of carbonyl (C=O) groups is 2. The van der Waals surface area contributed by atoms with Crippen LogP contribution >= 0.6 is 23.4 Å². The van der Waals surface area contributed by atoms with Gasteiger partial charge >= 0.3 is 11.9 Å². The summed E-state index contributed by atoms with van der Waals surface area (Å²) < 4.78 is 10.8. The summed E-state index contributed by atoms with van der Waals surface area (Å²) in [6.07, 6.45) is 2.55. The van der Waals surface area contributed by atoms with Gasteiger partial charge in [-0.1, -0.05) is 71.9 Å². The van der Waals surface area contributed by atoms with Gasteiger partial charge in [0.2, 0.25) is 0 Å². The monoisotopic (exact) mass is 471 g/mol. The maximum atomic E-state index is 12.6. The highest BCUT2D eigenvalue weighted by Gasteiger charge is 2.37. The Bertz CT molecular complexity index is 1010. The van der Waals surface area contributed by atoms with Crippen LogP contribution in [0.1, 0.15) is 36.4 Å². The predicted octanol–water partition coefficient (Wildman–Crippen LogP) is 5.15. The normalized spacial score (nSPS) is 19.4. The van der Waals surface area contributed by atoms with Crippen LogP contribution in [0.5, 0.6) is 0 Å². The number of rotatable bonds is 7. The third-order valence-corrected chi connectivity index (χ3v) is 7.46. The smallest absolute Gasteiger partial charge is 0.327 e. The molecule has 0 saturated carbocycles. The minimum absolute atomic E-state index is 0.174. The Morgan fingerprint density at radius 2 is 1.91 bits per heavy atom. The van der Waals surface area contributed by atoms with Gasteiger partial charge in [-0.25, -0.2) is 4.79 Å². The molecule has 0 aliphatic carbocycles. The van der Waals surface area contributed by atoms with E-state index in [0.717, 1.165) is 17.5 Å². The first kappa shape index (κ1) is 22.9. The maximum Gasteiger partial charge on any atom is 0.327 e. The Morgan fingerprint density at radius 3 is 2.66 bits per heavy atom. The molecule has 2 atom stereocenters. The number of benzene rings is 2. The van der Waals surface area contributed by atoms with Crippen molar-refractivity contribution < 1.29 is 19.1 Å². The van der Waals surface area contributed by atoms with Crippen molar-refractivity contribution in [3.8, 4) is 0 Å². The van der Waals surface area contributed by atoms with Gasteiger partial charge in [0.15, 0.2) is 5.44 Å². The van der Waals surface area contributed by atoms with E-state index in [9.17, 15) is 9.59 Å². The summed E-state index contributed by atoms with van der Waals surface area (Å²) in [6, 6.07) is 16.8. The van der Waals surface area contributed by atoms with Crippen LogP contribution in [0, 0.1) is 0 Å². The zero-order valence-corrected chi connectivity index (χ0v) is 19.5. The topological polar surface area (TPSA) is 55.8 Å². The van der Waals surface area contributed by atoms with Crippen molar-refractivity contribution in [1.82, 2.24) is 4.90 Å². The van der Waals surface area contributed by atoms with E-state index in [-0.39, 0.29) is 17.4 Å². The number of hydrogen-bond donors (Lipinski definition) is 0.